The second kappa shape index (κ2) is 5.61. The first-order valence-electron chi connectivity index (χ1n) is 5.42. The minimum atomic E-state index is -0.316. The number of benzene rings is 1. The van der Waals surface area contributed by atoms with Gasteiger partial charge in [0.2, 0.25) is 0 Å². The van der Waals surface area contributed by atoms with E-state index < -0.39 is 0 Å². The van der Waals surface area contributed by atoms with Crippen LogP contribution in [0, 0.1) is 0 Å². The van der Waals surface area contributed by atoms with Gasteiger partial charge in [-0.05, 0) is 24.3 Å². The van der Waals surface area contributed by atoms with Crippen molar-refractivity contribution in [2.45, 2.75) is 6.04 Å². The number of aromatic nitrogens is 2. The van der Waals surface area contributed by atoms with Crippen LogP contribution in [0.15, 0.2) is 30.5 Å². The molecule has 0 fully saturated rings. The highest BCUT2D eigenvalue weighted by Gasteiger charge is 2.16. The fourth-order valence-corrected chi connectivity index (χ4v) is 1.93. The molecule has 0 saturated carbocycles. The van der Waals surface area contributed by atoms with Crippen LogP contribution in [-0.2, 0) is 7.05 Å². The summed E-state index contributed by atoms with van der Waals surface area (Å²) < 4.78 is 1.73. The molecule has 4 nitrogen and oxygen atoms in total. The lowest BCUT2D eigenvalue weighted by molar-refractivity contribution is 0.270. The van der Waals surface area contributed by atoms with E-state index in [2.05, 4.69) is 10.3 Å². The van der Waals surface area contributed by atoms with Crippen molar-refractivity contribution < 1.29 is 5.11 Å². The fraction of sp³-hybridized carbons (Fsp3) is 0.250. The summed E-state index contributed by atoms with van der Waals surface area (Å²) in [6.07, 6.45) is 1.56. The van der Waals surface area contributed by atoms with Crippen LogP contribution in [0.5, 0.6) is 0 Å². The van der Waals surface area contributed by atoms with E-state index in [4.69, 9.17) is 23.2 Å². The Kier molecular flexibility index (Phi) is 4.11. The van der Waals surface area contributed by atoms with Crippen molar-refractivity contribution in [3.8, 4) is 0 Å². The quantitative estimate of drug-likeness (QED) is 0.908. The summed E-state index contributed by atoms with van der Waals surface area (Å²) in [5, 5.41) is 13.8. The van der Waals surface area contributed by atoms with Gasteiger partial charge in [0.1, 0.15) is 17.0 Å². The number of anilines is 1. The van der Waals surface area contributed by atoms with Crippen LogP contribution in [-0.4, -0.2) is 21.3 Å². The largest absolute Gasteiger partial charge is 0.394 e. The molecule has 1 unspecified atom stereocenters. The molecule has 2 aromatic rings. The summed E-state index contributed by atoms with van der Waals surface area (Å²) in [6.45, 7) is -0.0796. The molecule has 1 aromatic carbocycles. The van der Waals surface area contributed by atoms with Crippen LogP contribution in [0.1, 0.15) is 11.9 Å². The molecule has 0 amide bonds. The maximum Gasteiger partial charge on any atom is 0.134 e. The Hall–Kier alpha value is -1.23. The summed E-state index contributed by atoms with van der Waals surface area (Å²) >= 11 is 11.7. The standard InChI is InChI=1S/C12H13Cl2N3O/c1-17-11(14)6-15-12(17)10(7-18)16-9-4-2-8(13)3-5-9/h2-6,10,16,18H,7H2,1H3. The molecule has 6 heteroatoms. The van der Waals surface area contributed by atoms with Crippen molar-refractivity contribution in [1.29, 1.82) is 0 Å². The van der Waals surface area contributed by atoms with Crippen LogP contribution in [0.2, 0.25) is 10.2 Å². The highest BCUT2D eigenvalue weighted by Crippen LogP contribution is 2.21. The molecule has 1 atom stereocenters. The Morgan fingerprint density at radius 1 is 1.33 bits per heavy atom. The topological polar surface area (TPSA) is 50.1 Å². The Bertz CT molecular complexity index is 525. The molecule has 0 saturated heterocycles. The predicted molar refractivity (Wildman–Crippen MR) is 73.1 cm³/mol. The van der Waals surface area contributed by atoms with Crippen molar-refractivity contribution in [3.05, 3.63) is 46.5 Å². The number of rotatable bonds is 4. The molecule has 0 aliphatic heterocycles. The van der Waals surface area contributed by atoms with Gasteiger partial charge in [-0.1, -0.05) is 23.2 Å². The first kappa shape index (κ1) is 13.2. The van der Waals surface area contributed by atoms with E-state index in [-0.39, 0.29) is 12.6 Å². The van der Waals surface area contributed by atoms with Crippen molar-refractivity contribution >= 4 is 28.9 Å². The average molecular weight is 286 g/mol. The predicted octanol–water partition coefficient (Wildman–Crippen LogP) is 2.87. The van der Waals surface area contributed by atoms with Crippen molar-refractivity contribution in [1.82, 2.24) is 9.55 Å². The second-order valence-corrected chi connectivity index (χ2v) is 4.71. The lowest BCUT2D eigenvalue weighted by Gasteiger charge is -2.17. The number of hydrogen-bond acceptors (Lipinski definition) is 3. The van der Waals surface area contributed by atoms with E-state index in [1.807, 2.05) is 12.1 Å². The zero-order valence-electron chi connectivity index (χ0n) is 9.77. The minimum Gasteiger partial charge on any atom is -0.394 e. The second-order valence-electron chi connectivity index (χ2n) is 3.88. The molecule has 0 bridgehead atoms. The summed E-state index contributed by atoms with van der Waals surface area (Å²) in [5.74, 6) is 0.678. The van der Waals surface area contributed by atoms with Crippen molar-refractivity contribution in [2.24, 2.45) is 7.05 Å². The third kappa shape index (κ3) is 2.77. The normalized spacial score (nSPS) is 12.4. The molecule has 0 aliphatic rings. The first-order chi connectivity index (χ1) is 8.61. The van der Waals surface area contributed by atoms with E-state index in [1.165, 1.54) is 0 Å². The van der Waals surface area contributed by atoms with Gasteiger partial charge in [-0.3, -0.25) is 0 Å². The van der Waals surface area contributed by atoms with E-state index in [9.17, 15) is 5.11 Å². The monoisotopic (exact) mass is 285 g/mol. The van der Waals surface area contributed by atoms with E-state index in [1.54, 1.807) is 29.9 Å². The number of nitrogens with zero attached hydrogens (tertiary/aromatic N) is 2. The van der Waals surface area contributed by atoms with Crippen molar-refractivity contribution in [3.63, 3.8) is 0 Å². The summed E-state index contributed by atoms with van der Waals surface area (Å²) in [5.41, 5.74) is 0.859. The molecular formula is C12H13Cl2N3O. The molecule has 0 radical (unpaired) electrons. The lowest BCUT2D eigenvalue weighted by Crippen LogP contribution is -2.19. The first-order valence-corrected chi connectivity index (χ1v) is 6.17. The Morgan fingerprint density at radius 2 is 2.00 bits per heavy atom. The maximum absolute atomic E-state index is 9.44. The van der Waals surface area contributed by atoms with Gasteiger partial charge in [-0.15, -0.1) is 0 Å². The third-order valence-corrected chi connectivity index (χ3v) is 3.25. The van der Waals surface area contributed by atoms with E-state index >= 15 is 0 Å². The van der Waals surface area contributed by atoms with Crippen molar-refractivity contribution in [2.75, 3.05) is 11.9 Å². The highest BCUT2D eigenvalue weighted by atomic mass is 35.5. The van der Waals surface area contributed by atoms with Crippen LogP contribution >= 0.6 is 23.2 Å². The van der Waals surface area contributed by atoms with Crippen LogP contribution in [0.25, 0.3) is 0 Å². The fourth-order valence-electron chi connectivity index (χ4n) is 1.66. The number of hydrogen-bond donors (Lipinski definition) is 2. The van der Waals surface area contributed by atoms with E-state index in [0.717, 1.165) is 5.69 Å². The third-order valence-electron chi connectivity index (χ3n) is 2.65. The Labute approximate surface area is 115 Å². The van der Waals surface area contributed by atoms with E-state index in [0.29, 0.717) is 16.0 Å². The summed E-state index contributed by atoms with van der Waals surface area (Å²) in [7, 11) is 1.80. The van der Waals surface area contributed by atoms with Crippen LogP contribution in [0.3, 0.4) is 0 Å². The smallest absolute Gasteiger partial charge is 0.134 e. The molecular weight excluding hydrogens is 273 g/mol. The molecule has 2 rings (SSSR count). The molecule has 2 N–H and O–H groups in total. The van der Waals surface area contributed by atoms with Crippen LogP contribution < -0.4 is 5.32 Å². The zero-order valence-corrected chi connectivity index (χ0v) is 11.3. The van der Waals surface area contributed by atoms with Gasteiger partial charge in [0.05, 0.1) is 12.8 Å². The van der Waals surface area contributed by atoms with Gasteiger partial charge in [0.25, 0.3) is 0 Å². The molecule has 0 spiro atoms. The minimum absolute atomic E-state index is 0.0796. The molecule has 18 heavy (non-hydrogen) atoms. The summed E-state index contributed by atoms with van der Waals surface area (Å²) in [4.78, 5) is 4.18. The maximum atomic E-state index is 9.44. The zero-order chi connectivity index (χ0) is 13.1. The number of halogens is 2. The molecule has 1 aromatic heterocycles. The Morgan fingerprint density at radius 3 is 2.50 bits per heavy atom. The number of nitrogens with one attached hydrogen (secondary N) is 1. The lowest BCUT2D eigenvalue weighted by atomic mass is 10.2. The number of aliphatic hydroxyl groups is 1. The molecule has 96 valence electrons. The average Bonchev–Trinajstić information content (AvgIpc) is 2.70. The summed E-state index contributed by atoms with van der Waals surface area (Å²) in [6, 6.07) is 6.93. The molecule has 1 heterocycles. The van der Waals surface area contributed by atoms with Gasteiger partial charge in [-0.2, -0.15) is 0 Å². The van der Waals surface area contributed by atoms with Gasteiger partial charge in [0.15, 0.2) is 0 Å². The van der Waals surface area contributed by atoms with Gasteiger partial charge < -0.3 is 15.0 Å². The number of imidazole rings is 1. The Balaban J connectivity index is 2.19. The van der Waals surface area contributed by atoms with Gasteiger partial charge in [-0.25, -0.2) is 4.98 Å². The SMILES string of the molecule is Cn1c(Cl)cnc1C(CO)Nc1ccc(Cl)cc1. The molecule has 0 aliphatic carbocycles. The van der Waals surface area contributed by atoms with Gasteiger partial charge in [0, 0.05) is 17.8 Å². The number of aliphatic hydroxyl groups excluding tert-OH is 1. The van der Waals surface area contributed by atoms with Gasteiger partial charge >= 0.3 is 0 Å². The van der Waals surface area contributed by atoms with Crippen LogP contribution in [0.4, 0.5) is 5.69 Å². The highest BCUT2D eigenvalue weighted by molar-refractivity contribution is 6.30.